The van der Waals surface area contributed by atoms with Crippen LogP contribution in [-0.2, 0) is 11.2 Å². The van der Waals surface area contributed by atoms with Crippen molar-refractivity contribution in [3.05, 3.63) is 58.9 Å². The monoisotopic (exact) mass is 422 g/mol. The molecule has 0 aliphatic rings. The van der Waals surface area contributed by atoms with Crippen LogP contribution >= 0.6 is 0 Å². The number of aliphatic carboxylic acids is 1. The number of imidazole rings is 1. The number of hydrogen-bond donors (Lipinski definition) is 3. The molecule has 0 radical (unpaired) electrons. The van der Waals surface area contributed by atoms with E-state index in [2.05, 4.69) is 36.6 Å². The minimum atomic E-state index is -1.03. The van der Waals surface area contributed by atoms with Gasteiger partial charge in [0.2, 0.25) is 0 Å². The molecule has 0 saturated carbocycles. The van der Waals surface area contributed by atoms with Gasteiger partial charge in [0.25, 0.3) is 5.91 Å². The molecule has 0 bridgehead atoms. The summed E-state index contributed by atoms with van der Waals surface area (Å²) in [6.07, 6.45) is 3.18. The number of amides is 1. The van der Waals surface area contributed by atoms with Crippen LogP contribution in [0.2, 0.25) is 0 Å². The van der Waals surface area contributed by atoms with E-state index in [1.807, 2.05) is 31.2 Å². The lowest BCUT2D eigenvalue weighted by molar-refractivity contribution is -0.140. The van der Waals surface area contributed by atoms with E-state index in [0.717, 1.165) is 34.7 Å². The van der Waals surface area contributed by atoms with Crippen molar-refractivity contribution in [2.45, 2.75) is 53.5 Å². The molecule has 0 saturated heterocycles. The van der Waals surface area contributed by atoms with Crippen molar-refractivity contribution < 1.29 is 14.7 Å². The van der Waals surface area contributed by atoms with E-state index in [0.29, 0.717) is 17.6 Å². The zero-order valence-electron chi connectivity index (χ0n) is 18.7. The minimum absolute atomic E-state index is 0.170. The molecule has 2 heterocycles. The minimum Gasteiger partial charge on any atom is -0.480 e. The van der Waals surface area contributed by atoms with Gasteiger partial charge in [-0.3, -0.25) is 9.20 Å². The van der Waals surface area contributed by atoms with Gasteiger partial charge in [-0.1, -0.05) is 45.4 Å². The van der Waals surface area contributed by atoms with Crippen LogP contribution in [0, 0.1) is 19.8 Å². The molecule has 2 aromatic heterocycles. The molecule has 1 aromatic carbocycles. The number of nitrogens with zero attached hydrogens (tertiary/aromatic N) is 2. The third kappa shape index (κ3) is 4.55. The Hall–Kier alpha value is -3.35. The summed E-state index contributed by atoms with van der Waals surface area (Å²) in [5, 5.41) is 15.6. The zero-order chi connectivity index (χ0) is 22.7. The SMILES string of the molecule is CCc1nc2cc(C(=O)NC(C(=O)O)C(C)CC)ccn2c1Nc1c(C)cccc1C. The molecule has 7 heteroatoms. The molecule has 0 aliphatic heterocycles. The van der Waals surface area contributed by atoms with Crippen molar-refractivity contribution in [3.8, 4) is 0 Å². The van der Waals surface area contributed by atoms with Crippen molar-refractivity contribution in [2.24, 2.45) is 5.92 Å². The third-order valence-electron chi connectivity index (χ3n) is 5.79. The number of anilines is 2. The topological polar surface area (TPSA) is 95.7 Å². The van der Waals surface area contributed by atoms with Crippen LogP contribution in [0.1, 0.15) is 54.4 Å². The lowest BCUT2D eigenvalue weighted by Crippen LogP contribution is -2.45. The molecular weight excluding hydrogens is 392 g/mol. The standard InChI is InChI=1S/C24H30N4O3/c1-6-14(3)21(24(30)31)27-23(29)17-11-12-28-19(13-17)25-18(7-2)22(28)26-20-15(4)9-8-10-16(20)5/h8-14,21,26H,6-7H2,1-5H3,(H,27,29)(H,30,31). The number of pyridine rings is 1. The highest BCUT2D eigenvalue weighted by molar-refractivity contribution is 5.97. The van der Waals surface area contributed by atoms with Crippen molar-refractivity contribution in [2.75, 3.05) is 5.32 Å². The number of carboxylic acids is 1. The van der Waals surface area contributed by atoms with Crippen LogP contribution in [0.4, 0.5) is 11.5 Å². The Balaban J connectivity index is 1.95. The van der Waals surface area contributed by atoms with E-state index in [1.165, 1.54) is 0 Å². The van der Waals surface area contributed by atoms with Crippen molar-refractivity contribution in [1.29, 1.82) is 0 Å². The van der Waals surface area contributed by atoms with E-state index >= 15 is 0 Å². The van der Waals surface area contributed by atoms with Crippen LogP contribution in [0.3, 0.4) is 0 Å². The van der Waals surface area contributed by atoms with Gasteiger partial charge in [0, 0.05) is 17.4 Å². The zero-order valence-corrected chi connectivity index (χ0v) is 18.7. The normalized spacial score (nSPS) is 13.1. The second kappa shape index (κ2) is 9.20. The molecule has 0 aliphatic carbocycles. The molecule has 0 spiro atoms. The van der Waals surface area contributed by atoms with E-state index in [9.17, 15) is 14.7 Å². The lowest BCUT2D eigenvalue weighted by atomic mass is 9.99. The van der Waals surface area contributed by atoms with Gasteiger partial charge in [0.15, 0.2) is 0 Å². The fourth-order valence-electron chi connectivity index (χ4n) is 3.65. The maximum Gasteiger partial charge on any atom is 0.326 e. The number of aromatic nitrogens is 2. The summed E-state index contributed by atoms with van der Waals surface area (Å²) in [5.41, 5.74) is 5.22. The third-order valence-corrected chi connectivity index (χ3v) is 5.79. The number of carboxylic acid groups (broad SMARTS) is 1. The van der Waals surface area contributed by atoms with Gasteiger partial charge in [-0.2, -0.15) is 0 Å². The van der Waals surface area contributed by atoms with E-state index in [4.69, 9.17) is 4.98 Å². The number of rotatable bonds is 8. The molecule has 3 aromatic rings. The molecular formula is C24H30N4O3. The molecule has 0 fully saturated rings. The summed E-state index contributed by atoms with van der Waals surface area (Å²) < 4.78 is 1.92. The first-order chi connectivity index (χ1) is 14.8. The highest BCUT2D eigenvalue weighted by atomic mass is 16.4. The van der Waals surface area contributed by atoms with Crippen LogP contribution in [-0.4, -0.2) is 32.4 Å². The summed E-state index contributed by atoms with van der Waals surface area (Å²) in [6.45, 7) is 9.87. The van der Waals surface area contributed by atoms with Gasteiger partial charge in [-0.25, -0.2) is 9.78 Å². The first-order valence-corrected chi connectivity index (χ1v) is 10.6. The molecule has 2 atom stereocenters. The van der Waals surface area contributed by atoms with E-state index < -0.39 is 17.9 Å². The predicted molar refractivity (Wildman–Crippen MR) is 122 cm³/mol. The number of para-hydroxylation sites is 1. The average Bonchev–Trinajstić information content (AvgIpc) is 3.10. The van der Waals surface area contributed by atoms with E-state index in [-0.39, 0.29) is 5.92 Å². The summed E-state index contributed by atoms with van der Waals surface area (Å²) in [6, 6.07) is 8.60. The Kier molecular flexibility index (Phi) is 6.63. The number of nitrogens with one attached hydrogen (secondary N) is 2. The first-order valence-electron chi connectivity index (χ1n) is 10.6. The van der Waals surface area contributed by atoms with Crippen molar-refractivity contribution in [1.82, 2.24) is 14.7 Å². The van der Waals surface area contributed by atoms with Crippen molar-refractivity contribution in [3.63, 3.8) is 0 Å². The number of benzene rings is 1. The second-order valence-electron chi connectivity index (χ2n) is 7.97. The molecule has 3 rings (SSSR count). The van der Waals surface area contributed by atoms with Crippen LogP contribution in [0.5, 0.6) is 0 Å². The average molecular weight is 423 g/mol. The van der Waals surface area contributed by atoms with Crippen LogP contribution < -0.4 is 10.6 Å². The summed E-state index contributed by atoms with van der Waals surface area (Å²) in [4.78, 5) is 29.0. The predicted octanol–water partition coefficient (Wildman–Crippen LogP) is 4.49. The molecule has 1 amide bonds. The number of aryl methyl sites for hydroxylation is 3. The van der Waals surface area contributed by atoms with Gasteiger partial charge in [-0.05, 0) is 49.4 Å². The fraction of sp³-hybridized carbons (Fsp3) is 0.375. The lowest BCUT2D eigenvalue weighted by Gasteiger charge is -2.20. The Morgan fingerprint density at radius 1 is 1.16 bits per heavy atom. The number of carbonyl (C=O) groups is 2. The maximum atomic E-state index is 12.7. The van der Waals surface area contributed by atoms with Gasteiger partial charge in [0.1, 0.15) is 17.5 Å². The molecule has 3 N–H and O–H groups in total. The summed E-state index contributed by atoms with van der Waals surface area (Å²) in [7, 11) is 0. The molecule has 31 heavy (non-hydrogen) atoms. The Morgan fingerprint density at radius 2 is 1.84 bits per heavy atom. The fourth-order valence-corrected chi connectivity index (χ4v) is 3.65. The van der Waals surface area contributed by atoms with Gasteiger partial charge < -0.3 is 15.7 Å². The quantitative estimate of drug-likeness (QED) is 0.497. The molecule has 2 unspecified atom stereocenters. The van der Waals surface area contributed by atoms with Crippen LogP contribution in [0.25, 0.3) is 5.65 Å². The number of hydrogen-bond acceptors (Lipinski definition) is 4. The molecule has 164 valence electrons. The number of fused-ring (bicyclic) bond motifs is 1. The highest BCUT2D eigenvalue weighted by Crippen LogP contribution is 2.28. The van der Waals surface area contributed by atoms with Gasteiger partial charge in [-0.15, -0.1) is 0 Å². The van der Waals surface area contributed by atoms with E-state index in [1.54, 1.807) is 18.3 Å². The Morgan fingerprint density at radius 3 is 2.42 bits per heavy atom. The maximum absolute atomic E-state index is 12.7. The molecule has 7 nitrogen and oxygen atoms in total. The van der Waals surface area contributed by atoms with Gasteiger partial charge in [0.05, 0.1) is 5.69 Å². The summed E-state index contributed by atoms with van der Waals surface area (Å²) in [5.74, 6) is -0.750. The van der Waals surface area contributed by atoms with Crippen LogP contribution in [0.15, 0.2) is 36.5 Å². The Labute approximate surface area is 182 Å². The highest BCUT2D eigenvalue weighted by Gasteiger charge is 2.26. The first kappa shape index (κ1) is 22.3. The largest absolute Gasteiger partial charge is 0.480 e. The summed E-state index contributed by atoms with van der Waals surface area (Å²) >= 11 is 0. The Bertz CT molecular complexity index is 1100. The van der Waals surface area contributed by atoms with Crippen molar-refractivity contribution >= 4 is 29.0 Å². The second-order valence-corrected chi connectivity index (χ2v) is 7.97. The number of carbonyl (C=O) groups excluding carboxylic acids is 1. The van der Waals surface area contributed by atoms with Gasteiger partial charge >= 0.3 is 5.97 Å². The smallest absolute Gasteiger partial charge is 0.326 e.